The van der Waals surface area contributed by atoms with E-state index in [4.69, 9.17) is 11.6 Å². The van der Waals surface area contributed by atoms with Gasteiger partial charge in [0.1, 0.15) is 0 Å². The number of carbonyl (C=O) groups excluding carboxylic acids is 2. The lowest BCUT2D eigenvalue weighted by molar-refractivity contribution is -0.114. The minimum absolute atomic E-state index is 0.204. The highest BCUT2D eigenvalue weighted by Crippen LogP contribution is 2.23. The molecule has 2 aromatic carbocycles. The Bertz CT molecular complexity index is 656. The van der Waals surface area contributed by atoms with Crippen molar-refractivity contribution in [1.29, 1.82) is 0 Å². The molecule has 0 heterocycles. The molecule has 0 unspecified atom stereocenters. The first-order chi connectivity index (χ1) is 9.58. The molecule has 0 radical (unpaired) electrons. The highest BCUT2D eigenvalue weighted by molar-refractivity contribution is 6.34. The topological polar surface area (TPSA) is 58.2 Å². The fourth-order valence-corrected chi connectivity index (χ4v) is 1.95. The standard InChI is InChI=1S/C15H13ClN2O2/c1-10(19)17-13-8-4-5-9-14(13)18-15(20)11-6-2-3-7-12(11)16/h2-9H,1H3,(H,17,19)(H,18,20). The number of rotatable bonds is 3. The second-order valence-corrected chi connectivity index (χ2v) is 4.57. The molecule has 2 aromatic rings. The lowest BCUT2D eigenvalue weighted by atomic mass is 10.2. The Hall–Kier alpha value is -2.33. The van der Waals surface area contributed by atoms with Gasteiger partial charge in [0.15, 0.2) is 0 Å². The van der Waals surface area contributed by atoms with Crippen LogP contribution in [0.3, 0.4) is 0 Å². The van der Waals surface area contributed by atoms with Crippen molar-refractivity contribution in [2.24, 2.45) is 0 Å². The van der Waals surface area contributed by atoms with E-state index in [2.05, 4.69) is 10.6 Å². The molecule has 0 bridgehead atoms. The van der Waals surface area contributed by atoms with E-state index in [0.29, 0.717) is 22.0 Å². The van der Waals surface area contributed by atoms with E-state index in [0.717, 1.165) is 0 Å². The number of para-hydroxylation sites is 2. The van der Waals surface area contributed by atoms with Gasteiger partial charge in [0.05, 0.1) is 22.0 Å². The van der Waals surface area contributed by atoms with Crippen LogP contribution in [-0.4, -0.2) is 11.8 Å². The Labute approximate surface area is 121 Å². The summed E-state index contributed by atoms with van der Waals surface area (Å²) in [6, 6.07) is 13.7. The van der Waals surface area contributed by atoms with Crippen LogP contribution in [0.4, 0.5) is 11.4 Å². The summed E-state index contributed by atoms with van der Waals surface area (Å²) in [5.74, 6) is -0.530. The molecule has 102 valence electrons. The molecule has 4 nitrogen and oxygen atoms in total. The normalized spacial score (nSPS) is 9.90. The lowest BCUT2D eigenvalue weighted by Gasteiger charge is -2.11. The first-order valence-electron chi connectivity index (χ1n) is 6.00. The number of carbonyl (C=O) groups is 2. The molecule has 2 N–H and O–H groups in total. The number of nitrogens with one attached hydrogen (secondary N) is 2. The molecule has 2 amide bonds. The van der Waals surface area contributed by atoms with Gasteiger partial charge < -0.3 is 10.6 Å². The fraction of sp³-hybridized carbons (Fsp3) is 0.0667. The molecular formula is C15H13ClN2O2. The third kappa shape index (κ3) is 3.36. The van der Waals surface area contributed by atoms with Crippen molar-refractivity contribution in [3.63, 3.8) is 0 Å². The van der Waals surface area contributed by atoms with Crippen LogP contribution in [0.5, 0.6) is 0 Å². The van der Waals surface area contributed by atoms with Crippen LogP contribution in [0.15, 0.2) is 48.5 Å². The number of amides is 2. The molecule has 0 saturated carbocycles. The smallest absolute Gasteiger partial charge is 0.257 e. The Morgan fingerprint density at radius 3 is 2.05 bits per heavy atom. The first kappa shape index (κ1) is 14.1. The molecule has 0 fully saturated rings. The van der Waals surface area contributed by atoms with E-state index in [-0.39, 0.29) is 11.8 Å². The van der Waals surface area contributed by atoms with Crippen molar-refractivity contribution in [3.05, 3.63) is 59.1 Å². The SMILES string of the molecule is CC(=O)Nc1ccccc1NC(=O)c1ccccc1Cl. The van der Waals surface area contributed by atoms with Gasteiger partial charge >= 0.3 is 0 Å². The van der Waals surface area contributed by atoms with E-state index in [1.807, 2.05) is 0 Å². The molecule has 0 atom stereocenters. The average Bonchev–Trinajstić information content (AvgIpc) is 2.41. The second-order valence-electron chi connectivity index (χ2n) is 4.16. The summed E-state index contributed by atoms with van der Waals surface area (Å²) in [4.78, 5) is 23.3. The molecule has 5 heteroatoms. The van der Waals surface area contributed by atoms with E-state index < -0.39 is 0 Å². The molecule has 0 aliphatic heterocycles. The number of hydrogen-bond donors (Lipinski definition) is 2. The van der Waals surface area contributed by atoms with Gasteiger partial charge in [0.2, 0.25) is 5.91 Å². The maximum Gasteiger partial charge on any atom is 0.257 e. The zero-order chi connectivity index (χ0) is 14.5. The predicted molar refractivity (Wildman–Crippen MR) is 80.2 cm³/mol. The summed E-state index contributed by atoms with van der Waals surface area (Å²) in [5, 5.41) is 5.77. The monoisotopic (exact) mass is 288 g/mol. The largest absolute Gasteiger partial charge is 0.325 e. The zero-order valence-corrected chi connectivity index (χ0v) is 11.6. The molecule has 0 aliphatic rings. The van der Waals surface area contributed by atoms with Gasteiger partial charge in [0.25, 0.3) is 5.91 Å². The van der Waals surface area contributed by atoms with Crippen molar-refractivity contribution in [2.75, 3.05) is 10.6 Å². The van der Waals surface area contributed by atoms with Crippen molar-refractivity contribution in [3.8, 4) is 0 Å². The number of benzene rings is 2. The molecule has 0 spiro atoms. The average molecular weight is 289 g/mol. The van der Waals surface area contributed by atoms with Crippen molar-refractivity contribution in [1.82, 2.24) is 0 Å². The van der Waals surface area contributed by atoms with Crippen LogP contribution in [0, 0.1) is 0 Å². The van der Waals surface area contributed by atoms with E-state index >= 15 is 0 Å². The number of hydrogen-bond acceptors (Lipinski definition) is 2. The summed E-state index contributed by atoms with van der Waals surface area (Å²) in [5.41, 5.74) is 1.44. The maximum absolute atomic E-state index is 12.2. The zero-order valence-electron chi connectivity index (χ0n) is 10.8. The van der Waals surface area contributed by atoms with E-state index in [9.17, 15) is 9.59 Å². The lowest BCUT2D eigenvalue weighted by Crippen LogP contribution is -2.15. The summed E-state index contributed by atoms with van der Waals surface area (Å²) >= 11 is 5.98. The van der Waals surface area contributed by atoms with Gasteiger partial charge in [-0.25, -0.2) is 0 Å². The number of anilines is 2. The Morgan fingerprint density at radius 1 is 0.900 bits per heavy atom. The van der Waals surface area contributed by atoms with E-state index in [1.165, 1.54) is 6.92 Å². The second kappa shape index (κ2) is 6.21. The third-order valence-corrected chi connectivity index (χ3v) is 2.93. The van der Waals surface area contributed by atoms with Crippen LogP contribution in [0.1, 0.15) is 17.3 Å². The van der Waals surface area contributed by atoms with Gasteiger partial charge in [-0.15, -0.1) is 0 Å². The van der Waals surface area contributed by atoms with Crippen LogP contribution in [0.2, 0.25) is 5.02 Å². The van der Waals surface area contributed by atoms with Gasteiger partial charge in [-0.1, -0.05) is 35.9 Å². The Kier molecular flexibility index (Phi) is 4.38. The third-order valence-electron chi connectivity index (χ3n) is 2.60. The quantitative estimate of drug-likeness (QED) is 0.907. The Morgan fingerprint density at radius 2 is 1.45 bits per heavy atom. The molecule has 0 aromatic heterocycles. The minimum Gasteiger partial charge on any atom is -0.325 e. The molecule has 0 aliphatic carbocycles. The van der Waals surface area contributed by atoms with Gasteiger partial charge in [-0.3, -0.25) is 9.59 Å². The first-order valence-corrected chi connectivity index (χ1v) is 6.38. The molecule has 20 heavy (non-hydrogen) atoms. The highest BCUT2D eigenvalue weighted by atomic mass is 35.5. The van der Waals surface area contributed by atoms with Crippen LogP contribution in [-0.2, 0) is 4.79 Å². The summed E-state index contributed by atoms with van der Waals surface area (Å²) in [7, 11) is 0. The van der Waals surface area contributed by atoms with Gasteiger partial charge in [0, 0.05) is 6.92 Å². The maximum atomic E-state index is 12.2. The Balaban J connectivity index is 2.24. The molecule has 0 saturated heterocycles. The van der Waals surface area contributed by atoms with Crippen LogP contribution in [0.25, 0.3) is 0 Å². The molecular weight excluding hydrogens is 276 g/mol. The summed E-state index contributed by atoms with van der Waals surface area (Å²) in [6.45, 7) is 1.41. The van der Waals surface area contributed by atoms with Crippen LogP contribution < -0.4 is 10.6 Å². The predicted octanol–water partition coefficient (Wildman–Crippen LogP) is 3.55. The van der Waals surface area contributed by atoms with Crippen molar-refractivity contribution < 1.29 is 9.59 Å². The van der Waals surface area contributed by atoms with Crippen molar-refractivity contribution >= 4 is 34.8 Å². The van der Waals surface area contributed by atoms with E-state index in [1.54, 1.807) is 48.5 Å². The van der Waals surface area contributed by atoms with Crippen molar-refractivity contribution in [2.45, 2.75) is 6.92 Å². The number of halogens is 1. The fourth-order valence-electron chi connectivity index (χ4n) is 1.73. The molecule has 2 rings (SSSR count). The summed E-state index contributed by atoms with van der Waals surface area (Å²) < 4.78 is 0. The highest BCUT2D eigenvalue weighted by Gasteiger charge is 2.12. The van der Waals surface area contributed by atoms with Crippen LogP contribution >= 0.6 is 11.6 Å². The minimum atomic E-state index is -0.326. The summed E-state index contributed by atoms with van der Waals surface area (Å²) in [6.07, 6.45) is 0. The van der Waals surface area contributed by atoms with Gasteiger partial charge in [-0.2, -0.15) is 0 Å². The van der Waals surface area contributed by atoms with Gasteiger partial charge in [-0.05, 0) is 24.3 Å².